The number of carbonyl (C=O) groups excluding carboxylic acids is 1. The highest BCUT2D eigenvalue weighted by Crippen LogP contribution is 2.23. The maximum atomic E-state index is 12.8. The zero-order chi connectivity index (χ0) is 19.2. The molecular weight excluding hydrogens is 334 g/mol. The summed E-state index contributed by atoms with van der Waals surface area (Å²) in [4.78, 5) is 19.2. The van der Waals surface area contributed by atoms with Crippen LogP contribution in [0.15, 0.2) is 66.9 Å². The molecule has 0 radical (unpaired) electrons. The van der Waals surface area contributed by atoms with Gasteiger partial charge in [0, 0.05) is 24.8 Å². The third-order valence-electron chi connectivity index (χ3n) is 4.33. The van der Waals surface area contributed by atoms with E-state index in [1.807, 2.05) is 69.6 Å². The van der Waals surface area contributed by atoms with Crippen molar-refractivity contribution in [1.82, 2.24) is 15.2 Å². The number of aromatic nitrogens is 1. The standard InChI is InChI=1S/C23H25N3O/c1-17-9-11-18(12-10-17)15-25-23(27)22-21(8-5-13-24-22)20-7-4-6-19(14-20)16-26(2)3/h4-14H,15-16H2,1-3H3,(H,25,27). The van der Waals surface area contributed by atoms with Crippen LogP contribution >= 0.6 is 0 Å². The highest BCUT2D eigenvalue weighted by atomic mass is 16.1. The number of aryl methyl sites for hydroxylation is 1. The molecule has 2 aromatic carbocycles. The molecule has 3 aromatic rings. The molecule has 0 fully saturated rings. The van der Waals surface area contributed by atoms with Crippen LogP contribution in [0.4, 0.5) is 0 Å². The van der Waals surface area contributed by atoms with E-state index in [1.54, 1.807) is 6.20 Å². The molecule has 0 bridgehead atoms. The van der Waals surface area contributed by atoms with E-state index in [2.05, 4.69) is 27.3 Å². The van der Waals surface area contributed by atoms with Gasteiger partial charge < -0.3 is 10.2 Å². The summed E-state index contributed by atoms with van der Waals surface area (Å²) in [6.07, 6.45) is 1.66. The molecule has 0 atom stereocenters. The topological polar surface area (TPSA) is 45.2 Å². The lowest BCUT2D eigenvalue weighted by Gasteiger charge is -2.13. The van der Waals surface area contributed by atoms with Crippen LogP contribution in [0, 0.1) is 6.92 Å². The summed E-state index contributed by atoms with van der Waals surface area (Å²) in [5.74, 6) is -0.163. The molecule has 0 spiro atoms. The van der Waals surface area contributed by atoms with Crippen LogP contribution in [0.2, 0.25) is 0 Å². The van der Waals surface area contributed by atoms with E-state index in [0.717, 1.165) is 23.2 Å². The van der Waals surface area contributed by atoms with E-state index in [0.29, 0.717) is 12.2 Å². The SMILES string of the molecule is Cc1ccc(CNC(=O)c2ncccc2-c2cccc(CN(C)C)c2)cc1. The van der Waals surface area contributed by atoms with Gasteiger partial charge in [0.25, 0.3) is 5.91 Å². The van der Waals surface area contributed by atoms with Gasteiger partial charge in [-0.3, -0.25) is 9.78 Å². The minimum absolute atomic E-state index is 0.163. The fraction of sp³-hybridized carbons (Fsp3) is 0.217. The molecule has 138 valence electrons. The number of carbonyl (C=O) groups is 1. The van der Waals surface area contributed by atoms with Gasteiger partial charge in [-0.15, -0.1) is 0 Å². The Balaban J connectivity index is 1.81. The summed E-state index contributed by atoms with van der Waals surface area (Å²) in [6.45, 7) is 3.38. The Morgan fingerprint density at radius 3 is 2.52 bits per heavy atom. The molecule has 3 rings (SSSR count). The van der Waals surface area contributed by atoms with Crippen LogP contribution in [0.1, 0.15) is 27.2 Å². The van der Waals surface area contributed by atoms with Crippen LogP contribution in [-0.2, 0) is 13.1 Å². The quantitative estimate of drug-likeness (QED) is 0.722. The Kier molecular flexibility index (Phi) is 5.99. The Labute approximate surface area is 160 Å². The molecule has 0 aliphatic rings. The van der Waals surface area contributed by atoms with Crippen LogP contribution < -0.4 is 5.32 Å². The zero-order valence-corrected chi connectivity index (χ0v) is 16.1. The van der Waals surface area contributed by atoms with Crippen molar-refractivity contribution >= 4 is 5.91 Å². The molecule has 1 amide bonds. The monoisotopic (exact) mass is 359 g/mol. The highest BCUT2D eigenvalue weighted by molar-refractivity contribution is 5.98. The summed E-state index contributed by atoms with van der Waals surface area (Å²) in [7, 11) is 4.08. The van der Waals surface area contributed by atoms with Crippen molar-refractivity contribution in [2.75, 3.05) is 14.1 Å². The first-order valence-electron chi connectivity index (χ1n) is 9.06. The molecule has 4 heteroatoms. The first kappa shape index (κ1) is 18.8. The zero-order valence-electron chi connectivity index (χ0n) is 16.1. The van der Waals surface area contributed by atoms with Crippen molar-refractivity contribution in [3.63, 3.8) is 0 Å². The number of hydrogen-bond donors (Lipinski definition) is 1. The average Bonchev–Trinajstić information content (AvgIpc) is 2.67. The van der Waals surface area contributed by atoms with Crippen molar-refractivity contribution in [2.45, 2.75) is 20.0 Å². The summed E-state index contributed by atoms with van der Waals surface area (Å²) < 4.78 is 0. The lowest BCUT2D eigenvalue weighted by atomic mass is 10.0. The van der Waals surface area contributed by atoms with Crippen molar-refractivity contribution in [1.29, 1.82) is 0 Å². The molecular formula is C23H25N3O. The van der Waals surface area contributed by atoms with Gasteiger partial charge in [-0.05, 0) is 49.8 Å². The van der Waals surface area contributed by atoms with Crippen molar-refractivity contribution < 1.29 is 4.79 Å². The molecule has 1 heterocycles. The predicted octanol–water partition coefficient (Wildman–Crippen LogP) is 4.05. The largest absolute Gasteiger partial charge is 0.347 e. The van der Waals surface area contributed by atoms with Gasteiger partial charge in [0.2, 0.25) is 0 Å². The van der Waals surface area contributed by atoms with Gasteiger partial charge in [0.1, 0.15) is 5.69 Å². The number of benzene rings is 2. The molecule has 0 unspecified atom stereocenters. The molecule has 0 saturated heterocycles. The van der Waals surface area contributed by atoms with E-state index >= 15 is 0 Å². The lowest BCUT2D eigenvalue weighted by molar-refractivity contribution is 0.0946. The minimum Gasteiger partial charge on any atom is -0.347 e. The van der Waals surface area contributed by atoms with Crippen molar-refractivity contribution in [3.05, 3.63) is 89.2 Å². The smallest absolute Gasteiger partial charge is 0.270 e. The second kappa shape index (κ2) is 8.60. The van der Waals surface area contributed by atoms with Crippen LogP contribution in [0.3, 0.4) is 0 Å². The van der Waals surface area contributed by atoms with Gasteiger partial charge in [0.15, 0.2) is 0 Å². The van der Waals surface area contributed by atoms with Crippen molar-refractivity contribution in [3.8, 4) is 11.1 Å². The second-order valence-corrected chi connectivity index (χ2v) is 7.01. The molecule has 27 heavy (non-hydrogen) atoms. The summed E-state index contributed by atoms with van der Waals surface area (Å²) in [5.41, 5.74) is 5.77. The average molecular weight is 359 g/mol. The van der Waals surface area contributed by atoms with Crippen molar-refractivity contribution in [2.24, 2.45) is 0 Å². The van der Waals surface area contributed by atoms with Crippen LogP contribution in [0.25, 0.3) is 11.1 Å². The Morgan fingerprint density at radius 2 is 1.78 bits per heavy atom. The van der Waals surface area contributed by atoms with Gasteiger partial charge in [-0.2, -0.15) is 0 Å². The van der Waals surface area contributed by atoms with E-state index in [1.165, 1.54) is 11.1 Å². The van der Waals surface area contributed by atoms with E-state index in [9.17, 15) is 4.79 Å². The molecule has 0 aliphatic heterocycles. The number of nitrogens with zero attached hydrogens (tertiary/aromatic N) is 2. The normalized spacial score (nSPS) is 10.8. The maximum absolute atomic E-state index is 12.8. The Hall–Kier alpha value is -2.98. The molecule has 0 saturated carbocycles. The lowest BCUT2D eigenvalue weighted by Crippen LogP contribution is -2.24. The minimum atomic E-state index is -0.163. The fourth-order valence-corrected chi connectivity index (χ4v) is 2.99. The van der Waals surface area contributed by atoms with E-state index in [-0.39, 0.29) is 5.91 Å². The summed E-state index contributed by atoms with van der Waals surface area (Å²) in [6, 6.07) is 20.2. The fourth-order valence-electron chi connectivity index (χ4n) is 2.99. The van der Waals surface area contributed by atoms with Gasteiger partial charge in [0.05, 0.1) is 0 Å². The molecule has 0 aliphatic carbocycles. The number of pyridine rings is 1. The van der Waals surface area contributed by atoms with E-state index in [4.69, 9.17) is 0 Å². The van der Waals surface area contributed by atoms with Gasteiger partial charge >= 0.3 is 0 Å². The Bertz CT molecular complexity index is 917. The summed E-state index contributed by atoms with van der Waals surface area (Å²) >= 11 is 0. The first-order valence-corrected chi connectivity index (χ1v) is 9.06. The van der Waals surface area contributed by atoms with Gasteiger partial charge in [-0.1, -0.05) is 54.1 Å². The maximum Gasteiger partial charge on any atom is 0.270 e. The number of rotatable bonds is 6. The first-order chi connectivity index (χ1) is 13.0. The van der Waals surface area contributed by atoms with Crippen LogP contribution in [-0.4, -0.2) is 29.9 Å². The number of amides is 1. The predicted molar refractivity (Wildman–Crippen MR) is 109 cm³/mol. The second-order valence-electron chi connectivity index (χ2n) is 7.01. The number of nitrogens with one attached hydrogen (secondary N) is 1. The highest BCUT2D eigenvalue weighted by Gasteiger charge is 2.14. The third kappa shape index (κ3) is 5.02. The third-order valence-corrected chi connectivity index (χ3v) is 4.33. The Morgan fingerprint density at radius 1 is 1.00 bits per heavy atom. The molecule has 1 aromatic heterocycles. The number of hydrogen-bond acceptors (Lipinski definition) is 3. The summed E-state index contributed by atoms with van der Waals surface area (Å²) in [5, 5.41) is 2.98. The van der Waals surface area contributed by atoms with Gasteiger partial charge in [-0.25, -0.2) is 0 Å². The van der Waals surface area contributed by atoms with E-state index < -0.39 is 0 Å². The molecule has 4 nitrogen and oxygen atoms in total. The molecule has 1 N–H and O–H groups in total. The van der Waals surface area contributed by atoms with Crippen LogP contribution in [0.5, 0.6) is 0 Å².